The Kier molecular flexibility index (Phi) is 9.27. The Balaban J connectivity index is 1.18. The summed E-state index contributed by atoms with van der Waals surface area (Å²) >= 11 is 0. The van der Waals surface area contributed by atoms with Crippen LogP contribution in [-0.4, -0.2) is 63.6 Å². The van der Waals surface area contributed by atoms with Crippen molar-refractivity contribution in [2.75, 3.05) is 53.7 Å². The van der Waals surface area contributed by atoms with Crippen molar-refractivity contribution in [1.82, 2.24) is 9.88 Å². The van der Waals surface area contributed by atoms with Crippen molar-refractivity contribution >= 4 is 21.8 Å². The van der Waals surface area contributed by atoms with Crippen molar-refractivity contribution < 1.29 is 23.7 Å². The molecule has 0 amide bonds. The van der Waals surface area contributed by atoms with Gasteiger partial charge in [-0.1, -0.05) is 48.5 Å². The standard InChI is InChI=1S/C33H36N2O5/c1-36-28-14-5-7-16-30(28)39-23-20-35(21-24-40-31-17-8-6-15-29(31)37-2)19-10-22-38-32-18-9-13-27-33(32)25-11-3-4-12-26(25)34-27/h3-9,11-18,34H,10,19-24H2,1-2H3. The van der Waals surface area contributed by atoms with E-state index in [2.05, 4.69) is 34.1 Å². The van der Waals surface area contributed by atoms with Crippen LogP contribution in [0.15, 0.2) is 91.0 Å². The third kappa shape index (κ3) is 6.61. The van der Waals surface area contributed by atoms with Crippen molar-refractivity contribution in [3.63, 3.8) is 0 Å². The van der Waals surface area contributed by atoms with Crippen LogP contribution >= 0.6 is 0 Å². The van der Waals surface area contributed by atoms with E-state index >= 15 is 0 Å². The molecule has 0 saturated heterocycles. The van der Waals surface area contributed by atoms with E-state index in [0.29, 0.717) is 19.8 Å². The molecule has 0 atom stereocenters. The first kappa shape index (κ1) is 27.2. The fourth-order valence-electron chi connectivity index (χ4n) is 4.84. The van der Waals surface area contributed by atoms with Gasteiger partial charge in [-0.25, -0.2) is 0 Å². The summed E-state index contributed by atoms with van der Waals surface area (Å²) in [5.41, 5.74) is 2.20. The van der Waals surface area contributed by atoms with Gasteiger partial charge in [-0.15, -0.1) is 0 Å². The van der Waals surface area contributed by atoms with Gasteiger partial charge < -0.3 is 28.7 Å². The Labute approximate surface area is 235 Å². The molecule has 0 aliphatic heterocycles. The number of H-pyrrole nitrogens is 1. The van der Waals surface area contributed by atoms with Crippen LogP contribution < -0.4 is 23.7 Å². The largest absolute Gasteiger partial charge is 0.493 e. The molecule has 1 aromatic heterocycles. The monoisotopic (exact) mass is 540 g/mol. The number of rotatable bonds is 15. The van der Waals surface area contributed by atoms with E-state index in [-0.39, 0.29) is 0 Å². The predicted octanol–water partition coefficient (Wildman–Crippen LogP) is 6.57. The van der Waals surface area contributed by atoms with Crippen molar-refractivity contribution in [2.24, 2.45) is 0 Å². The SMILES string of the molecule is COc1ccccc1OCCN(CCCOc1cccc2[nH]c3ccccc3c12)CCOc1ccccc1OC. The number of hydrogen-bond donors (Lipinski definition) is 1. The van der Waals surface area contributed by atoms with E-state index in [1.54, 1.807) is 14.2 Å². The summed E-state index contributed by atoms with van der Waals surface area (Å²) in [6.45, 7) is 4.00. The molecule has 0 aliphatic rings. The molecule has 1 heterocycles. The number of para-hydroxylation sites is 5. The van der Waals surface area contributed by atoms with Gasteiger partial charge in [-0.3, -0.25) is 4.90 Å². The number of ether oxygens (including phenoxy) is 5. The molecule has 40 heavy (non-hydrogen) atoms. The van der Waals surface area contributed by atoms with Gasteiger partial charge in [0.25, 0.3) is 0 Å². The van der Waals surface area contributed by atoms with Crippen LogP contribution in [0.1, 0.15) is 6.42 Å². The molecule has 1 N–H and O–H groups in total. The number of methoxy groups -OCH3 is 2. The Morgan fingerprint density at radius 3 is 1.70 bits per heavy atom. The highest BCUT2D eigenvalue weighted by molar-refractivity contribution is 6.10. The normalized spacial score (nSPS) is 11.2. The van der Waals surface area contributed by atoms with Crippen molar-refractivity contribution in [1.29, 1.82) is 0 Å². The highest BCUT2D eigenvalue weighted by Crippen LogP contribution is 2.33. The molecule has 208 valence electrons. The average Bonchev–Trinajstić information content (AvgIpc) is 3.39. The first-order chi connectivity index (χ1) is 19.8. The van der Waals surface area contributed by atoms with Crippen molar-refractivity contribution in [3.05, 3.63) is 91.0 Å². The van der Waals surface area contributed by atoms with Crippen molar-refractivity contribution in [3.8, 4) is 28.7 Å². The Hall–Kier alpha value is -4.36. The fraction of sp³-hybridized carbons (Fsp3) is 0.273. The average molecular weight is 541 g/mol. The van der Waals surface area contributed by atoms with Gasteiger partial charge in [0.1, 0.15) is 19.0 Å². The van der Waals surface area contributed by atoms with Crippen LogP contribution in [0.25, 0.3) is 21.8 Å². The van der Waals surface area contributed by atoms with Gasteiger partial charge >= 0.3 is 0 Å². The molecule has 0 aliphatic carbocycles. The van der Waals surface area contributed by atoms with E-state index in [9.17, 15) is 0 Å². The zero-order valence-corrected chi connectivity index (χ0v) is 23.1. The van der Waals surface area contributed by atoms with Crippen molar-refractivity contribution in [2.45, 2.75) is 6.42 Å². The second-order valence-electron chi connectivity index (χ2n) is 9.39. The number of aromatic amines is 1. The smallest absolute Gasteiger partial charge is 0.161 e. The van der Waals surface area contributed by atoms with Crippen LogP contribution in [-0.2, 0) is 0 Å². The number of nitrogens with one attached hydrogen (secondary N) is 1. The van der Waals surface area contributed by atoms with Crippen LogP contribution in [0, 0.1) is 0 Å². The van der Waals surface area contributed by atoms with E-state index in [1.165, 1.54) is 5.39 Å². The number of aromatic nitrogens is 1. The third-order valence-corrected chi connectivity index (χ3v) is 6.84. The van der Waals surface area contributed by atoms with Crippen LogP contribution in [0.5, 0.6) is 28.7 Å². The van der Waals surface area contributed by atoms with Gasteiger partial charge in [0.2, 0.25) is 0 Å². The molecule has 7 nitrogen and oxygen atoms in total. The first-order valence-corrected chi connectivity index (χ1v) is 13.6. The molecule has 0 saturated carbocycles. The molecule has 0 fully saturated rings. The maximum absolute atomic E-state index is 6.30. The minimum Gasteiger partial charge on any atom is -0.493 e. The lowest BCUT2D eigenvalue weighted by Crippen LogP contribution is -2.34. The molecule has 5 rings (SSSR count). The summed E-state index contributed by atoms with van der Waals surface area (Å²) in [5.74, 6) is 3.85. The summed E-state index contributed by atoms with van der Waals surface area (Å²) < 4.78 is 29.3. The molecule has 7 heteroatoms. The first-order valence-electron chi connectivity index (χ1n) is 13.6. The highest BCUT2D eigenvalue weighted by Gasteiger charge is 2.12. The van der Waals surface area contributed by atoms with E-state index in [4.69, 9.17) is 23.7 Å². The van der Waals surface area contributed by atoms with Crippen LogP contribution in [0.2, 0.25) is 0 Å². The zero-order chi connectivity index (χ0) is 27.6. The summed E-state index contributed by atoms with van der Waals surface area (Å²) in [6, 6.07) is 29.9. The van der Waals surface area contributed by atoms with Gasteiger partial charge in [-0.2, -0.15) is 0 Å². The Bertz CT molecular complexity index is 1460. The van der Waals surface area contributed by atoms with Crippen LogP contribution in [0.3, 0.4) is 0 Å². The molecule has 0 unspecified atom stereocenters. The van der Waals surface area contributed by atoms with Gasteiger partial charge in [0.05, 0.1) is 26.3 Å². The number of hydrogen-bond acceptors (Lipinski definition) is 6. The highest BCUT2D eigenvalue weighted by atomic mass is 16.5. The topological polar surface area (TPSA) is 65.2 Å². The predicted molar refractivity (Wildman–Crippen MR) is 159 cm³/mol. The minimum atomic E-state index is 0.532. The number of nitrogens with zero attached hydrogens (tertiary/aromatic N) is 1. The lowest BCUT2D eigenvalue weighted by molar-refractivity contribution is 0.163. The van der Waals surface area contributed by atoms with Gasteiger partial charge in [-0.05, 0) is 48.9 Å². The Morgan fingerprint density at radius 1 is 0.525 bits per heavy atom. The molecular weight excluding hydrogens is 504 g/mol. The quantitative estimate of drug-likeness (QED) is 0.152. The number of fused-ring (bicyclic) bond motifs is 3. The number of benzene rings is 4. The lowest BCUT2D eigenvalue weighted by Gasteiger charge is -2.23. The maximum atomic E-state index is 6.30. The summed E-state index contributed by atoms with van der Waals surface area (Å²) in [4.78, 5) is 5.82. The van der Waals surface area contributed by atoms with E-state index in [1.807, 2.05) is 66.7 Å². The van der Waals surface area contributed by atoms with Gasteiger partial charge in [0, 0.05) is 35.9 Å². The van der Waals surface area contributed by atoms with E-state index < -0.39 is 0 Å². The molecule has 4 aromatic carbocycles. The molecule has 0 spiro atoms. The molecule has 0 radical (unpaired) electrons. The summed E-state index contributed by atoms with van der Waals surface area (Å²) in [7, 11) is 3.31. The molecular formula is C33H36N2O5. The van der Waals surface area contributed by atoms with Crippen LogP contribution in [0.4, 0.5) is 0 Å². The Morgan fingerprint density at radius 2 is 1.05 bits per heavy atom. The fourth-order valence-corrected chi connectivity index (χ4v) is 4.84. The van der Waals surface area contributed by atoms with Gasteiger partial charge in [0.15, 0.2) is 23.0 Å². The zero-order valence-electron chi connectivity index (χ0n) is 23.1. The summed E-state index contributed by atoms with van der Waals surface area (Å²) in [5, 5.41) is 2.31. The minimum absolute atomic E-state index is 0.532. The second kappa shape index (κ2) is 13.6. The molecule has 0 bridgehead atoms. The third-order valence-electron chi connectivity index (χ3n) is 6.84. The lowest BCUT2D eigenvalue weighted by atomic mass is 10.1. The molecule has 5 aromatic rings. The second-order valence-corrected chi connectivity index (χ2v) is 9.39. The maximum Gasteiger partial charge on any atom is 0.161 e. The summed E-state index contributed by atoms with van der Waals surface area (Å²) in [6.07, 6.45) is 0.863. The van der Waals surface area contributed by atoms with E-state index in [0.717, 1.165) is 71.2 Å².